The van der Waals surface area contributed by atoms with Gasteiger partial charge in [-0.05, 0) is 31.0 Å². The second kappa shape index (κ2) is 6.51. The zero-order valence-corrected chi connectivity index (χ0v) is 11.9. The minimum Gasteiger partial charge on any atom is -0.392 e. The first-order valence-corrected chi connectivity index (χ1v) is 7.13. The molecule has 2 unspecified atom stereocenters. The molecule has 0 bridgehead atoms. The maximum absolute atomic E-state index is 12.0. The van der Waals surface area contributed by atoms with E-state index in [2.05, 4.69) is 11.8 Å². The van der Waals surface area contributed by atoms with Gasteiger partial charge in [0.25, 0.3) is 0 Å². The minimum atomic E-state index is -0.268. The van der Waals surface area contributed by atoms with Crippen molar-refractivity contribution in [1.82, 2.24) is 4.90 Å². The fourth-order valence-electron chi connectivity index (χ4n) is 2.38. The number of Topliss-reactive ketones (excluding diaryl/α,β-unsaturated/α-hetero) is 1. The fraction of sp³-hybridized carbons (Fsp3) is 0.533. The molecule has 0 radical (unpaired) electrons. The van der Waals surface area contributed by atoms with Gasteiger partial charge < -0.3 is 10.0 Å². The van der Waals surface area contributed by atoms with E-state index in [-0.39, 0.29) is 11.9 Å². The van der Waals surface area contributed by atoms with Crippen LogP contribution in [0.5, 0.6) is 0 Å². The zero-order valence-electron chi connectivity index (χ0n) is 11.2. The molecule has 19 heavy (non-hydrogen) atoms. The summed E-state index contributed by atoms with van der Waals surface area (Å²) in [5.74, 6) is 0.468. The second-order valence-electron chi connectivity index (χ2n) is 5.32. The quantitative estimate of drug-likeness (QED) is 0.863. The van der Waals surface area contributed by atoms with Crippen LogP contribution in [0.2, 0.25) is 5.02 Å². The molecular formula is C15H20ClNO2. The number of nitrogens with zero attached hydrogens (tertiary/aromatic N) is 1. The zero-order chi connectivity index (χ0) is 13.8. The van der Waals surface area contributed by atoms with Crippen LogP contribution in [0.3, 0.4) is 0 Å². The Labute approximate surface area is 119 Å². The van der Waals surface area contributed by atoms with Gasteiger partial charge in [-0.2, -0.15) is 0 Å². The molecular weight excluding hydrogens is 262 g/mol. The second-order valence-corrected chi connectivity index (χ2v) is 5.75. The van der Waals surface area contributed by atoms with Gasteiger partial charge in [-0.1, -0.05) is 30.7 Å². The molecule has 1 fully saturated rings. The summed E-state index contributed by atoms with van der Waals surface area (Å²) in [5, 5.41) is 10.4. The van der Waals surface area contributed by atoms with Crippen molar-refractivity contribution in [2.24, 2.45) is 5.92 Å². The Morgan fingerprint density at radius 1 is 1.53 bits per heavy atom. The van der Waals surface area contributed by atoms with Crippen LogP contribution in [-0.2, 0) is 0 Å². The van der Waals surface area contributed by atoms with Crippen molar-refractivity contribution in [2.75, 3.05) is 19.6 Å². The number of likely N-dealkylation sites (tertiary alicyclic amines) is 1. The SMILES string of the molecule is CC1CCN(CCC(=O)c2cccc(Cl)c2)CC1O. The molecule has 3 nitrogen and oxygen atoms in total. The maximum Gasteiger partial charge on any atom is 0.164 e. The molecule has 4 heteroatoms. The van der Waals surface area contributed by atoms with Crippen molar-refractivity contribution >= 4 is 17.4 Å². The first-order valence-electron chi connectivity index (χ1n) is 6.75. The average Bonchev–Trinajstić information content (AvgIpc) is 2.40. The molecule has 0 aromatic heterocycles. The molecule has 1 aliphatic rings. The Hall–Kier alpha value is -0.900. The molecule has 2 rings (SSSR count). The monoisotopic (exact) mass is 281 g/mol. The Balaban J connectivity index is 1.84. The summed E-state index contributed by atoms with van der Waals surface area (Å²) in [6, 6.07) is 7.06. The largest absolute Gasteiger partial charge is 0.392 e. The van der Waals surface area contributed by atoms with Crippen LogP contribution in [-0.4, -0.2) is 41.5 Å². The lowest BCUT2D eigenvalue weighted by atomic mass is 9.96. The van der Waals surface area contributed by atoms with Crippen LogP contribution in [0.4, 0.5) is 0 Å². The summed E-state index contributed by atoms with van der Waals surface area (Å²) in [5.41, 5.74) is 0.665. The summed E-state index contributed by atoms with van der Waals surface area (Å²) in [7, 11) is 0. The summed E-state index contributed by atoms with van der Waals surface area (Å²) in [6.07, 6.45) is 1.20. The number of ketones is 1. The Morgan fingerprint density at radius 3 is 3.00 bits per heavy atom. The number of halogens is 1. The number of aliphatic hydroxyl groups is 1. The van der Waals surface area contributed by atoms with Gasteiger partial charge in [-0.3, -0.25) is 4.79 Å². The van der Waals surface area contributed by atoms with Gasteiger partial charge in [0.15, 0.2) is 5.78 Å². The number of hydrogen-bond acceptors (Lipinski definition) is 3. The van der Waals surface area contributed by atoms with Gasteiger partial charge in [-0.25, -0.2) is 0 Å². The maximum atomic E-state index is 12.0. The number of hydrogen-bond donors (Lipinski definition) is 1. The topological polar surface area (TPSA) is 40.5 Å². The number of piperidine rings is 1. The van der Waals surface area contributed by atoms with Gasteiger partial charge >= 0.3 is 0 Å². The van der Waals surface area contributed by atoms with E-state index in [1.54, 1.807) is 24.3 Å². The smallest absolute Gasteiger partial charge is 0.164 e. The first kappa shape index (κ1) is 14.5. The van der Waals surface area contributed by atoms with Crippen LogP contribution in [0.15, 0.2) is 24.3 Å². The van der Waals surface area contributed by atoms with Crippen molar-refractivity contribution in [3.05, 3.63) is 34.9 Å². The van der Waals surface area contributed by atoms with Crippen molar-refractivity contribution < 1.29 is 9.90 Å². The van der Waals surface area contributed by atoms with Crippen molar-refractivity contribution in [2.45, 2.75) is 25.9 Å². The molecule has 0 aliphatic carbocycles. The number of carbonyl (C=O) groups is 1. The Kier molecular flexibility index (Phi) is 4.97. The number of benzene rings is 1. The third kappa shape index (κ3) is 4.03. The van der Waals surface area contributed by atoms with Gasteiger partial charge in [0.1, 0.15) is 0 Å². The number of rotatable bonds is 4. The van der Waals surface area contributed by atoms with Crippen LogP contribution < -0.4 is 0 Å². The lowest BCUT2D eigenvalue weighted by Gasteiger charge is -2.34. The van der Waals surface area contributed by atoms with E-state index in [1.807, 2.05) is 0 Å². The van der Waals surface area contributed by atoms with E-state index >= 15 is 0 Å². The lowest BCUT2D eigenvalue weighted by Crippen LogP contribution is -2.43. The molecule has 0 amide bonds. The summed E-state index contributed by atoms with van der Waals surface area (Å²) in [6.45, 7) is 4.40. The minimum absolute atomic E-state index is 0.107. The molecule has 1 heterocycles. The highest BCUT2D eigenvalue weighted by Gasteiger charge is 2.24. The van der Waals surface area contributed by atoms with Crippen molar-refractivity contribution in [3.63, 3.8) is 0 Å². The van der Waals surface area contributed by atoms with E-state index in [4.69, 9.17) is 11.6 Å². The fourth-order valence-corrected chi connectivity index (χ4v) is 2.57. The van der Waals surface area contributed by atoms with Crippen molar-refractivity contribution in [1.29, 1.82) is 0 Å². The molecule has 1 aliphatic heterocycles. The van der Waals surface area contributed by atoms with Gasteiger partial charge in [0.2, 0.25) is 0 Å². The van der Waals surface area contributed by atoms with Crippen molar-refractivity contribution in [3.8, 4) is 0 Å². The van der Waals surface area contributed by atoms with E-state index in [1.165, 1.54) is 0 Å². The highest BCUT2D eigenvalue weighted by Crippen LogP contribution is 2.18. The molecule has 1 N–H and O–H groups in total. The van der Waals surface area contributed by atoms with Crippen LogP contribution >= 0.6 is 11.6 Å². The normalized spacial score (nSPS) is 24.4. The standard InChI is InChI=1S/C15H20ClNO2/c1-11-5-7-17(10-15(11)19)8-6-14(18)12-3-2-4-13(16)9-12/h2-4,9,11,15,19H,5-8,10H2,1H3. The molecule has 1 aromatic carbocycles. The summed E-state index contributed by atoms with van der Waals surface area (Å²) >= 11 is 5.88. The molecule has 2 atom stereocenters. The summed E-state index contributed by atoms with van der Waals surface area (Å²) in [4.78, 5) is 14.2. The van der Waals surface area contributed by atoms with Gasteiger partial charge in [0, 0.05) is 30.1 Å². The van der Waals surface area contributed by atoms with Gasteiger partial charge in [-0.15, -0.1) is 0 Å². The molecule has 1 aromatic rings. The number of carbonyl (C=O) groups excluding carboxylic acids is 1. The molecule has 1 saturated heterocycles. The van der Waals surface area contributed by atoms with Gasteiger partial charge in [0.05, 0.1) is 6.10 Å². The van der Waals surface area contributed by atoms with Crippen LogP contribution in [0, 0.1) is 5.92 Å². The van der Waals surface area contributed by atoms with Crippen LogP contribution in [0.1, 0.15) is 30.1 Å². The predicted molar refractivity (Wildman–Crippen MR) is 76.6 cm³/mol. The Morgan fingerprint density at radius 2 is 2.32 bits per heavy atom. The average molecular weight is 282 g/mol. The van der Waals surface area contributed by atoms with E-state index < -0.39 is 0 Å². The molecule has 0 spiro atoms. The van der Waals surface area contributed by atoms with E-state index in [0.29, 0.717) is 36.0 Å². The highest BCUT2D eigenvalue weighted by molar-refractivity contribution is 6.31. The summed E-state index contributed by atoms with van der Waals surface area (Å²) < 4.78 is 0. The first-order chi connectivity index (χ1) is 9.06. The molecule has 104 valence electrons. The van der Waals surface area contributed by atoms with E-state index in [9.17, 15) is 9.90 Å². The van der Waals surface area contributed by atoms with Crippen LogP contribution in [0.25, 0.3) is 0 Å². The third-order valence-electron chi connectivity index (χ3n) is 3.80. The number of β-amino-alcohol motifs (C(OH)–C–C–N with tert-alkyl or cyclic N) is 1. The number of aliphatic hydroxyl groups excluding tert-OH is 1. The lowest BCUT2D eigenvalue weighted by molar-refractivity contribution is 0.0287. The highest BCUT2D eigenvalue weighted by atomic mass is 35.5. The third-order valence-corrected chi connectivity index (χ3v) is 4.04. The molecule has 0 saturated carbocycles. The Bertz CT molecular complexity index is 450. The van der Waals surface area contributed by atoms with E-state index in [0.717, 1.165) is 13.0 Å². The predicted octanol–water partition coefficient (Wildman–Crippen LogP) is 2.62.